The molecule has 1 aromatic heterocycles. The fourth-order valence-corrected chi connectivity index (χ4v) is 5.64. The molecule has 0 bridgehead atoms. The van der Waals surface area contributed by atoms with Crippen LogP contribution in [0.5, 0.6) is 0 Å². The summed E-state index contributed by atoms with van der Waals surface area (Å²) in [6.45, 7) is 2.31. The van der Waals surface area contributed by atoms with E-state index in [1.54, 1.807) is 0 Å². The molecule has 0 aliphatic rings. The lowest BCUT2D eigenvalue weighted by molar-refractivity contribution is 0.927. The van der Waals surface area contributed by atoms with Gasteiger partial charge in [-0.2, -0.15) is 0 Å². The maximum atomic E-state index is 2.39. The van der Waals surface area contributed by atoms with Gasteiger partial charge in [-0.1, -0.05) is 91.9 Å². The molecule has 148 valence electrons. The Morgan fingerprint density at radius 1 is 0.516 bits per heavy atom. The van der Waals surface area contributed by atoms with E-state index in [1.807, 2.05) is 11.3 Å². The second-order valence-electron chi connectivity index (χ2n) is 8.26. The van der Waals surface area contributed by atoms with E-state index in [4.69, 9.17) is 0 Å². The summed E-state index contributed by atoms with van der Waals surface area (Å²) in [6, 6.07) is 40.0. The highest BCUT2D eigenvalue weighted by Gasteiger charge is 2.12. The van der Waals surface area contributed by atoms with Crippen molar-refractivity contribution in [2.45, 2.75) is 12.8 Å². The molecule has 5 aromatic carbocycles. The summed E-state index contributed by atoms with van der Waals surface area (Å²) >= 11 is 1.88. The highest BCUT2D eigenvalue weighted by Crippen LogP contribution is 2.37. The Balaban J connectivity index is 1.39. The van der Waals surface area contributed by atoms with Gasteiger partial charge < -0.3 is 0 Å². The van der Waals surface area contributed by atoms with Crippen molar-refractivity contribution in [3.63, 3.8) is 0 Å². The topological polar surface area (TPSA) is 0 Å². The monoisotopic (exact) mass is 414 g/mol. The number of fused-ring (bicyclic) bond motifs is 4. The van der Waals surface area contributed by atoms with Crippen molar-refractivity contribution in [1.82, 2.24) is 0 Å². The first-order chi connectivity index (χ1) is 15.3. The lowest BCUT2D eigenvalue weighted by Crippen LogP contribution is -1.96. The number of rotatable bonds is 3. The highest BCUT2D eigenvalue weighted by molar-refractivity contribution is 7.25. The van der Waals surface area contributed by atoms with Gasteiger partial charge in [-0.15, -0.1) is 11.3 Å². The van der Waals surface area contributed by atoms with Crippen LogP contribution in [0.15, 0.2) is 109 Å². The van der Waals surface area contributed by atoms with Gasteiger partial charge in [0, 0.05) is 26.1 Å². The SMILES string of the molecule is C[C@@H](c1ccc2cc(-c3ccccc3)ccc2c1)c1ccc2sc3ccccc3c2c1. The predicted octanol–water partition coefficient (Wildman–Crippen LogP) is 9.03. The molecule has 0 nitrogen and oxygen atoms in total. The fraction of sp³-hybridized carbons (Fsp3) is 0.0667. The van der Waals surface area contributed by atoms with Gasteiger partial charge in [0.2, 0.25) is 0 Å². The fourth-order valence-electron chi connectivity index (χ4n) is 4.55. The molecular weight excluding hydrogens is 392 g/mol. The van der Waals surface area contributed by atoms with Crippen LogP contribution in [0.4, 0.5) is 0 Å². The van der Waals surface area contributed by atoms with Gasteiger partial charge in [-0.3, -0.25) is 0 Å². The third-order valence-electron chi connectivity index (χ3n) is 6.37. The number of thiophene rings is 1. The Hall–Kier alpha value is -3.42. The largest absolute Gasteiger partial charge is 0.135 e. The zero-order chi connectivity index (χ0) is 20.8. The van der Waals surface area contributed by atoms with Crippen LogP contribution in [0.3, 0.4) is 0 Å². The van der Waals surface area contributed by atoms with Crippen LogP contribution in [-0.2, 0) is 0 Å². The molecule has 1 heteroatoms. The Bertz CT molecular complexity index is 1540. The van der Waals surface area contributed by atoms with Crippen molar-refractivity contribution >= 4 is 42.3 Å². The van der Waals surface area contributed by atoms with Crippen LogP contribution in [0.25, 0.3) is 42.1 Å². The second-order valence-corrected chi connectivity index (χ2v) is 9.35. The zero-order valence-corrected chi connectivity index (χ0v) is 18.2. The lowest BCUT2D eigenvalue weighted by atomic mass is 9.90. The molecule has 0 aliphatic carbocycles. The Morgan fingerprint density at radius 2 is 1.19 bits per heavy atom. The molecule has 0 N–H and O–H groups in total. The quantitative estimate of drug-likeness (QED) is 0.271. The highest BCUT2D eigenvalue weighted by atomic mass is 32.1. The van der Waals surface area contributed by atoms with Crippen molar-refractivity contribution in [2.75, 3.05) is 0 Å². The van der Waals surface area contributed by atoms with Crippen molar-refractivity contribution in [2.24, 2.45) is 0 Å². The molecule has 6 rings (SSSR count). The van der Waals surface area contributed by atoms with E-state index in [1.165, 1.54) is 53.2 Å². The summed E-state index contributed by atoms with van der Waals surface area (Å²) in [5.74, 6) is 0.348. The number of hydrogen-bond acceptors (Lipinski definition) is 1. The Morgan fingerprint density at radius 3 is 2.10 bits per heavy atom. The maximum absolute atomic E-state index is 2.39. The predicted molar refractivity (Wildman–Crippen MR) is 136 cm³/mol. The van der Waals surface area contributed by atoms with Crippen LogP contribution < -0.4 is 0 Å². The van der Waals surface area contributed by atoms with E-state index in [-0.39, 0.29) is 0 Å². The standard InChI is InChI=1S/C30H22S/c1-20(23-15-16-30-28(19-23)27-9-5-6-10-29(27)31-30)22-11-12-26-18-24(13-14-25(26)17-22)21-7-3-2-4-8-21/h2-20H,1H3/t20-/m0/s1. The zero-order valence-electron chi connectivity index (χ0n) is 17.4. The minimum absolute atomic E-state index is 0.348. The van der Waals surface area contributed by atoms with E-state index < -0.39 is 0 Å². The van der Waals surface area contributed by atoms with E-state index in [0.29, 0.717) is 5.92 Å². The maximum Gasteiger partial charge on any atom is 0.0355 e. The molecule has 6 aromatic rings. The third kappa shape index (κ3) is 3.22. The van der Waals surface area contributed by atoms with E-state index in [9.17, 15) is 0 Å². The van der Waals surface area contributed by atoms with E-state index >= 15 is 0 Å². The Kier molecular flexibility index (Phi) is 4.36. The molecule has 31 heavy (non-hydrogen) atoms. The van der Waals surface area contributed by atoms with Crippen LogP contribution in [0.1, 0.15) is 24.0 Å². The van der Waals surface area contributed by atoms with Gasteiger partial charge >= 0.3 is 0 Å². The van der Waals surface area contributed by atoms with Crippen molar-refractivity contribution in [3.05, 3.63) is 120 Å². The van der Waals surface area contributed by atoms with Crippen LogP contribution in [-0.4, -0.2) is 0 Å². The van der Waals surface area contributed by atoms with Crippen molar-refractivity contribution in [1.29, 1.82) is 0 Å². The van der Waals surface area contributed by atoms with E-state index in [2.05, 4.69) is 116 Å². The first-order valence-electron chi connectivity index (χ1n) is 10.8. The first-order valence-corrected chi connectivity index (χ1v) is 11.6. The van der Waals surface area contributed by atoms with Gasteiger partial charge in [0.15, 0.2) is 0 Å². The molecule has 0 amide bonds. The summed E-state index contributed by atoms with van der Waals surface area (Å²) in [7, 11) is 0. The van der Waals surface area contributed by atoms with Gasteiger partial charge in [-0.05, 0) is 57.3 Å². The summed E-state index contributed by atoms with van der Waals surface area (Å²) in [6.07, 6.45) is 0. The number of benzene rings is 5. The van der Waals surface area contributed by atoms with Crippen LogP contribution in [0.2, 0.25) is 0 Å². The summed E-state index contributed by atoms with van der Waals surface area (Å²) in [4.78, 5) is 0. The molecule has 0 saturated heterocycles. The smallest absolute Gasteiger partial charge is 0.0355 e. The van der Waals surface area contributed by atoms with Gasteiger partial charge in [-0.25, -0.2) is 0 Å². The molecule has 1 heterocycles. The van der Waals surface area contributed by atoms with Crippen LogP contribution >= 0.6 is 11.3 Å². The first kappa shape index (κ1) is 18.4. The molecule has 0 fully saturated rings. The molecule has 1 atom stereocenters. The molecule has 0 saturated carbocycles. The summed E-state index contributed by atoms with van der Waals surface area (Å²) in [5.41, 5.74) is 5.26. The average Bonchev–Trinajstić information content (AvgIpc) is 3.21. The normalized spacial score (nSPS) is 12.5. The van der Waals surface area contributed by atoms with Crippen molar-refractivity contribution in [3.8, 4) is 11.1 Å². The molecule has 0 spiro atoms. The van der Waals surface area contributed by atoms with E-state index in [0.717, 1.165) is 0 Å². The second kappa shape index (κ2) is 7.37. The molecule has 0 aliphatic heterocycles. The minimum Gasteiger partial charge on any atom is -0.135 e. The molecule has 0 unspecified atom stereocenters. The molecule has 0 radical (unpaired) electrons. The number of hydrogen-bond donors (Lipinski definition) is 0. The summed E-state index contributed by atoms with van der Waals surface area (Å²) in [5, 5.41) is 5.32. The van der Waals surface area contributed by atoms with Gasteiger partial charge in [0.25, 0.3) is 0 Å². The lowest BCUT2D eigenvalue weighted by Gasteiger charge is -2.14. The average molecular weight is 415 g/mol. The molecular formula is C30H22S. The Labute approximate surface area is 186 Å². The third-order valence-corrected chi connectivity index (χ3v) is 7.52. The van der Waals surface area contributed by atoms with Gasteiger partial charge in [0.05, 0.1) is 0 Å². The summed E-state index contributed by atoms with van der Waals surface area (Å²) < 4.78 is 2.73. The van der Waals surface area contributed by atoms with Gasteiger partial charge in [0.1, 0.15) is 0 Å². The van der Waals surface area contributed by atoms with Crippen LogP contribution in [0, 0.1) is 0 Å². The van der Waals surface area contributed by atoms with Crippen molar-refractivity contribution < 1.29 is 0 Å². The minimum atomic E-state index is 0.348.